The Hall–Kier alpha value is -2.80. The van der Waals surface area contributed by atoms with Gasteiger partial charge in [0.2, 0.25) is 0 Å². The molecule has 2 aromatic rings. The highest BCUT2D eigenvalue weighted by molar-refractivity contribution is 5.89. The Morgan fingerprint density at radius 3 is 2.34 bits per heavy atom. The molecule has 2 aliphatic rings. The predicted molar refractivity (Wildman–Crippen MR) is 107 cm³/mol. The van der Waals surface area contributed by atoms with Crippen LogP contribution in [-0.4, -0.2) is 56.5 Å². The number of rotatable bonds is 6. The Morgan fingerprint density at radius 2 is 1.69 bits per heavy atom. The third-order valence-electron chi connectivity index (χ3n) is 5.37. The minimum Gasteiger partial charge on any atom is -0.497 e. The number of methoxy groups -OCH3 is 1. The highest BCUT2D eigenvalue weighted by atomic mass is 19.1. The van der Waals surface area contributed by atoms with Crippen molar-refractivity contribution >= 4 is 11.8 Å². The summed E-state index contributed by atoms with van der Waals surface area (Å²) in [6.07, 6.45) is 1.44. The molecule has 0 aliphatic carbocycles. The molecule has 2 aromatic carbocycles. The van der Waals surface area contributed by atoms with Gasteiger partial charge in [-0.15, -0.1) is 0 Å². The van der Waals surface area contributed by atoms with Crippen molar-refractivity contribution in [2.24, 2.45) is 0 Å². The highest BCUT2D eigenvalue weighted by Crippen LogP contribution is 2.25. The van der Waals surface area contributed by atoms with Crippen LogP contribution in [0.4, 0.5) is 14.9 Å². The van der Waals surface area contributed by atoms with E-state index < -0.39 is 0 Å². The number of benzene rings is 2. The zero-order valence-electron chi connectivity index (χ0n) is 16.4. The minimum atomic E-state index is -0.310. The minimum absolute atomic E-state index is 0.124. The Labute approximate surface area is 169 Å². The lowest BCUT2D eigenvalue weighted by atomic mass is 10.1. The fraction of sp³-hybridized carbons (Fsp3) is 0.409. The van der Waals surface area contributed by atoms with E-state index in [4.69, 9.17) is 14.2 Å². The Bertz CT molecular complexity index is 820. The molecule has 1 atom stereocenters. The fourth-order valence-electron chi connectivity index (χ4n) is 3.79. The Morgan fingerprint density at radius 1 is 1.03 bits per heavy atom. The molecule has 0 bridgehead atoms. The standard InChI is InChI=1S/C22H25FN2O4/c1-27-18-8-4-17(5-9-18)25-15-21(29-22(25)26)14-24-12-10-20(11-13-24)28-19-6-2-16(23)3-7-19/h2-9,20-21H,10-15H2,1H3. The van der Waals surface area contributed by atoms with Gasteiger partial charge in [0.25, 0.3) is 0 Å². The van der Waals surface area contributed by atoms with E-state index in [-0.39, 0.29) is 24.1 Å². The summed E-state index contributed by atoms with van der Waals surface area (Å²) in [6.45, 7) is 3.00. The van der Waals surface area contributed by atoms with E-state index in [1.807, 2.05) is 24.3 Å². The van der Waals surface area contributed by atoms with Crippen molar-refractivity contribution in [3.63, 3.8) is 0 Å². The van der Waals surface area contributed by atoms with E-state index in [1.54, 1.807) is 24.1 Å². The number of amides is 1. The number of ether oxygens (including phenoxy) is 3. The largest absolute Gasteiger partial charge is 0.497 e. The first-order valence-corrected chi connectivity index (χ1v) is 9.87. The molecule has 7 heteroatoms. The molecular weight excluding hydrogens is 375 g/mol. The summed E-state index contributed by atoms with van der Waals surface area (Å²) >= 11 is 0. The van der Waals surface area contributed by atoms with Gasteiger partial charge in [-0.1, -0.05) is 0 Å². The van der Waals surface area contributed by atoms with Gasteiger partial charge in [0.05, 0.1) is 13.7 Å². The normalized spacial score (nSPS) is 20.6. The molecule has 2 heterocycles. The van der Waals surface area contributed by atoms with Crippen LogP contribution in [0.5, 0.6) is 11.5 Å². The van der Waals surface area contributed by atoms with Crippen LogP contribution in [0.25, 0.3) is 0 Å². The van der Waals surface area contributed by atoms with Crippen molar-refractivity contribution in [3.8, 4) is 11.5 Å². The highest BCUT2D eigenvalue weighted by Gasteiger charge is 2.34. The van der Waals surface area contributed by atoms with Crippen LogP contribution >= 0.6 is 0 Å². The number of likely N-dealkylation sites (tertiary alicyclic amines) is 1. The quantitative estimate of drug-likeness (QED) is 0.740. The maximum Gasteiger partial charge on any atom is 0.414 e. The van der Waals surface area contributed by atoms with E-state index in [9.17, 15) is 9.18 Å². The van der Waals surface area contributed by atoms with Crippen LogP contribution in [0, 0.1) is 5.82 Å². The van der Waals surface area contributed by atoms with Crippen LogP contribution in [0.1, 0.15) is 12.8 Å². The number of piperidine rings is 1. The summed E-state index contributed by atoms with van der Waals surface area (Å²) in [5.41, 5.74) is 0.810. The number of carbonyl (C=O) groups is 1. The fourth-order valence-corrected chi connectivity index (χ4v) is 3.79. The van der Waals surface area contributed by atoms with Crippen molar-refractivity contribution in [1.82, 2.24) is 4.90 Å². The molecule has 1 amide bonds. The third kappa shape index (κ3) is 4.79. The molecule has 2 fully saturated rings. The molecule has 2 saturated heterocycles. The average Bonchev–Trinajstić information content (AvgIpc) is 3.11. The number of nitrogens with zero attached hydrogens (tertiary/aromatic N) is 2. The van der Waals surface area contributed by atoms with Crippen LogP contribution in [0.15, 0.2) is 48.5 Å². The van der Waals surface area contributed by atoms with Crippen LogP contribution in [0.3, 0.4) is 0 Å². The van der Waals surface area contributed by atoms with Gasteiger partial charge in [-0.3, -0.25) is 9.80 Å². The number of halogens is 1. The first-order chi connectivity index (χ1) is 14.1. The summed E-state index contributed by atoms with van der Waals surface area (Å²) in [5, 5.41) is 0. The summed E-state index contributed by atoms with van der Waals surface area (Å²) in [4.78, 5) is 16.2. The molecule has 154 valence electrons. The van der Waals surface area contributed by atoms with Crippen molar-refractivity contribution < 1.29 is 23.4 Å². The van der Waals surface area contributed by atoms with Gasteiger partial charge in [-0.05, 0) is 61.4 Å². The van der Waals surface area contributed by atoms with Crippen molar-refractivity contribution in [2.45, 2.75) is 25.0 Å². The maximum absolute atomic E-state index is 13.0. The second-order valence-electron chi connectivity index (χ2n) is 7.39. The van der Waals surface area contributed by atoms with E-state index in [2.05, 4.69) is 4.90 Å². The second kappa shape index (κ2) is 8.69. The molecule has 6 nitrogen and oxygen atoms in total. The van der Waals surface area contributed by atoms with Gasteiger partial charge >= 0.3 is 6.09 Å². The molecular formula is C22H25FN2O4. The molecule has 4 rings (SSSR count). The Kier molecular flexibility index (Phi) is 5.85. The monoisotopic (exact) mass is 400 g/mol. The topological polar surface area (TPSA) is 51.2 Å². The number of anilines is 1. The summed E-state index contributed by atoms with van der Waals surface area (Å²) in [5.74, 6) is 1.19. The van der Waals surface area contributed by atoms with Crippen molar-refractivity contribution in [1.29, 1.82) is 0 Å². The number of hydrogen-bond donors (Lipinski definition) is 0. The van der Waals surface area contributed by atoms with Gasteiger partial charge in [-0.2, -0.15) is 0 Å². The van der Waals surface area contributed by atoms with Gasteiger partial charge in [0, 0.05) is 25.3 Å². The van der Waals surface area contributed by atoms with Gasteiger partial charge in [-0.25, -0.2) is 9.18 Å². The molecule has 1 unspecified atom stereocenters. The van der Waals surface area contributed by atoms with E-state index in [1.165, 1.54) is 12.1 Å². The van der Waals surface area contributed by atoms with Crippen LogP contribution < -0.4 is 14.4 Å². The number of carbonyl (C=O) groups excluding carboxylic acids is 1. The summed E-state index contributed by atoms with van der Waals surface area (Å²) in [7, 11) is 1.61. The maximum atomic E-state index is 13.0. The van der Waals surface area contributed by atoms with Gasteiger partial charge in [0.1, 0.15) is 29.5 Å². The average molecular weight is 400 g/mol. The predicted octanol–water partition coefficient (Wildman–Crippen LogP) is 3.70. The summed E-state index contributed by atoms with van der Waals surface area (Å²) in [6, 6.07) is 13.5. The first kappa shape index (κ1) is 19.5. The number of cyclic esters (lactones) is 1. The van der Waals surface area contributed by atoms with E-state index in [0.29, 0.717) is 18.8 Å². The molecule has 0 spiro atoms. The first-order valence-electron chi connectivity index (χ1n) is 9.87. The zero-order valence-corrected chi connectivity index (χ0v) is 16.4. The molecule has 29 heavy (non-hydrogen) atoms. The van der Waals surface area contributed by atoms with E-state index in [0.717, 1.165) is 37.4 Å². The molecule has 2 aliphatic heterocycles. The second-order valence-corrected chi connectivity index (χ2v) is 7.39. The Balaban J connectivity index is 1.25. The number of hydrogen-bond acceptors (Lipinski definition) is 5. The molecule has 0 aromatic heterocycles. The van der Waals surface area contributed by atoms with Crippen molar-refractivity contribution in [3.05, 3.63) is 54.3 Å². The lowest BCUT2D eigenvalue weighted by Gasteiger charge is -2.33. The molecule has 0 saturated carbocycles. The van der Waals surface area contributed by atoms with E-state index >= 15 is 0 Å². The lowest BCUT2D eigenvalue weighted by Crippen LogP contribution is -2.42. The van der Waals surface area contributed by atoms with Gasteiger partial charge in [0.15, 0.2) is 0 Å². The van der Waals surface area contributed by atoms with Crippen LogP contribution in [0.2, 0.25) is 0 Å². The van der Waals surface area contributed by atoms with Crippen molar-refractivity contribution in [2.75, 3.05) is 38.2 Å². The molecule has 0 radical (unpaired) electrons. The van der Waals surface area contributed by atoms with Crippen LogP contribution in [-0.2, 0) is 4.74 Å². The summed E-state index contributed by atoms with van der Waals surface area (Å²) < 4.78 is 29.7. The zero-order chi connectivity index (χ0) is 20.2. The SMILES string of the molecule is COc1ccc(N2CC(CN3CCC(Oc4ccc(F)cc4)CC3)OC2=O)cc1. The third-order valence-corrected chi connectivity index (χ3v) is 5.37. The molecule has 0 N–H and O–H groups in total. The van der Waals surface area contributed by atoms with Gasteiger partial charge < -0.3 is 14.2 Å². The smallest absolute Gasteiger partial charge is 0.414 e. The lowest BCUT2D eigenvalue weighted by molar-refractivity contribution is 0.0655.